The maximum atomic E-state index is 11.1. The van der Waals surface area contributed by atoms with Gasteiger partial charge in [-0.2, -0.15) is 0 Å². The minimum absolute atomic E-state index is 0.423. The minimum atomic E-state index is -1.44. The average Bonchev–Trinajstić information content (AvgIpc) is 2.89. The molecule has 7 heteroatoms. The molecule has 0 spiro atoms. The highest BCUT2D eigenvalue weighted by Gasteiger charge is 2.58. The molecule has 7 nitrogen and oxygen atoms in total. The standard InChI is InChI=1S/C12H13NO6/c14-7-9-10(8(15)12(16)19-9)18-11(7)13(17)6-4-2-1-3-5-6/h1-5,7-11,14-15,17H/t7-,8+,9-,10+,11+/m1/s1. The molecule has 0 saturated carbocycles. The summed E-state index contributed by atoms with van der Waals surface area (Å²) in [4.78, 5) is 11.1. The molecule has 102 valence electrons. The van der Waals surface area contributed by atoms with E-state index in [9.17, 15) is 20.2 Å². The Labute approximate surface area is 108 Å². The second kappa shape index (κ2) is 4.46. The largest absolute Gasteiger partial charge is 0.455 e. The lowest BCUT2D eigenvalue weighted by molar-refractivity contribution is -0.154. The normalized spacial score (nSPS) is 37.0. The highest BCUT2D eigenvalue weighted by molar-refractivity contribution is 5.78. The number of fused-ring (bicyclic) bond motifs is 1. The van der Waals surface area contributed by atoms with Crippen LogP contribution < -0.4 is 5.06 Å². The van der Waals surface area contributed by atoms with E-state index in [0.29, 0.717) is 5.69 Å². The number of carbonyl (C=O) groups is 1. The maximum absolute atomic E-state index is 11.1. The second-order valence-corrected chi connectivity index (χ2v) is 4.51. The zero-order valence-electron chi connectivity index (χ0n) is 9.79. The lowest BCUT2D eigenvalue weighted by Gasteiger charge is -2.26. The van der Waals surface area contributed by atoms with Crippen molar-refractivity contribution in [3.8, 4) is 0 Å². The van der Waals surface area contributed by atoms with E-state index in [4.69, 9.17) is 9.47 Å². The van der Waals surface area contributed by atoms with Crippen molar-refractivity contribution in [2.24, 2.45) is 0 Å². The molecule has 2 saturated heterocycles. The van der Waals surface area contributed by atoms with Crippen LogP contribution in [-0.4, -0.2) is 52.0 Å². The predicted octanol–water partition coefficient (Wildman–Crippen LogP) is -0.746. The number of anilines is 1. The van der Waals surface area contributed by atoms with Crippen LogP contribution in [0.2, 0.25) is 0 Å². The summed E-state index contributed by atoms with van der Waals surface area (Å²) in [5.41, 5.74) is 0.423. The smallest absolute Gasteiger partial charge is 0.338 e. The van der Waals surface area contributed by atoms with Gasteiger partial charge in [0.15, 0.2) is 18.4 Å². The Morgan fingerprint density at radius 1 is 1.11 bits per heavy atom. The minimum Gasteiger partial charge on any atom is -0.455 e. The van der Waals surface area contributed by atoms with Crippen LogP contribution in [0.1, 0.15) is 0 Å². The molecule has 2 aliphatic rings. The van der Waals surface area contributed by atoms with Gasteiger partial charge in [-0.05, 0) is 12.1 Å². The number of esters is 1. The Hall–Kier alpha value is -1.67. The Morgan fingerprint density at radius 2 is 1.79 bits per heavy atom. The zero-order chi connectivity index (χ0) is 13.6. The van der Waals surface area contributed by atoms with E-state index in [1.165, 1.54) is 0 Å². The molecular formula is C12H13NO6. The predicted molar refractivity (Wildman–Crippen MR) is 61.3 cm³/mol. The van der Waals surface area contributed by atoms with E-state index in [-0.39, 0.29) is 0 Å². The van der Waals surface area contributed by atoms with Crippen molar-refractivity contribution in [2.75, 3.05) is 5.06 Å². The molecule has 0 radical (unpaired) electrons. The first kappa shape index (κ1) is 12.4. The lowest BCUT2D eigenvalue weighted by Crippen LogP contribution is -2.43. The number of rotatable bonds is 2. The summed E-state index contributed by atoms with van der Waals surface area (Å²) in [5, 5.41) is 30.3. The van der Waals surface area contributed by atoms with Gasteiger partial charge in [0.05, 0.1) is 5.69 Å². The van der Waals surface area contributed by atoms with Crippen LogP contribution >= 0.6 is 0 Å². The van der Waals surface area contributed by atoms with Crippen molar-refractivity contribution in [3.05, 3.63) is 30.3 Å². The van der Waals surface area contributed by atoms with E-state index in [0.717, 1.165) is 5.06 Å². The highest BCUT2D eigenvalue weighted by Crippen LogP contribution is 2.34. The number of nitrogens with zero attached hydrogens (tertiary/aromatic N) is 1. The fraction of sp³-hybridized carbons (Fsp3) is 0.417. The number of hydroxylamine groups is 1. The van der Waals surface area contributed by atoms with Crippen molar-refractivity contribution >= 4 is 11.7 Å². The van der Waals surface area contributed by atoms with E-state index < -0.39 is 36.6 Å². The quantitative estimate of drug-likeness (QED) is 0.479. The molecule has 1 aromatic carbocycles. The van der Waals surface area contributed by atoms with Crippen LogP contribution in [0.5, 0.6) is 0 Å². The van der Waals surface area contributed by atoms with E-state index in [2.05, 4.69) is 0 Å². The van der Waals surface area contributed by atoms with Gasteiger partial charge >= 0.3 is 5.97 Å². The van der Waals surface area contributed by atoms with Gasteiger partial charge in [0, 0.05) is 0 Å². The van der Waals surface area contributed by atoms with E-state index in [1.54, 1.807) is 30.3 Å². The summed E-state index contributed by atoms with van der Waals surface area (Å²) in [6, 6.07) is 8.48. The molecule has 3 rings (SSSR count). The van der Waals surface area contributed by atoms with Crippen molar-refractivity contribution in [2.45, 2.75) is 30.6 Å². The van der Waals surface area contributed by atoms with Gasteiger partial charge in [0.1, 0.15) is 12.2 Å². The molecule has 0 aliphatic carbocycles. The monoisotopic (exact) mass is 267 g/mol. The number of benzene rings is 1. The van der Waals surface area contributed by atoms with Gasteiger partial charge in [-0.1, -0.05) is 18.2 Å². The third-order valence-corrected chi connectivity index (χ3v) is 3.32. The summed E-state index contributed by atoms with van der Waals surface area (Å²) in [6.45, 7) is 0. The Bertz CT molecular complexity index is 480. The summed E-state index contributed by atoms with van der Waals surface area (Å²) in [6.07, 6.45) is -5.71. The summed E-state index contributed by atoms with van der Waals surface area (Å²) in [5.74, 6) is -0.822. The number of carbonyl (C=O) groups excluding carboxylic acids is 1. The molecule has 0 amide bonds. The first-order valence-corrected chi connectivity index (χ1v) is 5.85. The number of aliphatic hydroxyl groups is 2. The van der Waals surface area contributed by atoms with Gasteiger partial charge < -0.3 is 19.7 Å². The van der Waals surface area contributed by atoms with Crippen LogP contribution in [0.25, 0.3) is 0 Å². The van der Waals surface area contributed by atoms with Crippen LogP contribution in [-0.2, 0) is 14.3 Å². The van der Waals surface area contributed by atoms with Gasteiger partial charge in [0.2, 0.25) is 0 Å². The number of ether oxygens (including phenoxy) is 2. The first-order valence-electron chi connectivity index (χ1n) is 5.85. The Morgan fingerprint density at radius 3 is 2.42 bits per heavy atom. The molecular weight excluding hydrogens is 254 g/mol. The summed E-state index contributed by atoms with van der Waals surface area (Å²) in [7, 11) is 0. The molecule has 0 unspecified atom stereocenters. The van der Waals surface area contributed by atoms with Crippen LogP contribution in [0.3, 0.4) is 0 Å². The Balaban J connectivity index is 1.80. The number of para-hydroxylation sites is 1. The van der Waals surface area contributed by atoms with Gasteiger partial charge in [-0.3, -0.25) is 5.21 Å². The number of hydrogen-bond acceptors (Lipinski definition) is 7. The van der Waals surface area contributed by atoms with Crippen LogP contribution in [0.15, 0.2) is 30.3 Å². The van der Waals surface area contributed by atoms with Crippen molar-refractivity contribution in [1.29, 1.82) is 0 Å². The number of aliphatic hydroxyl groups excluding tert-OH is 2. The van der Waals surface area contributed by atoms with Gasteiger partial charge in [0.25, 0.3) is 0 Å². The molecule has 3 N–H and O–H groups in total. The van der Waals surface area contributed by atoms with Gasteiger partial charge in [-0.15, -0.1) is 0 Å². The highest BCUT2D eigenvalue weighted by atomic mass is 16.7. The fourth-order valence-corrected chi connectivity index (χ4v) is 2.33. The van der Waals surface area contributed by atoms with E-state index >= 15 is 0 Å². The molecule has 0 aromatic heterocycles. The van der Waals surface area contributed by atoms with Crippen LogP contribution in [0, 0.1) is 0 Å². The van der Waals surface area contributed by atoms with Crippen molar-refractivity contribution in [1.82, 2.24) is 0 Å². The average molecular weight is 267 g/mol. The Kier molecular flexibility index (Phi) is 2.90. The molecule has 19 heavy (non-hydrogen) atoms. The second-order valence-electron chi connectivity index (χ2n) is 4.51. The van der Waals surface area contributed by atoms with Crippen molar-refractivity contribution < 1.29 is 29.7 Å². The molecule has 1 aromatic rings. The van der Waals surface area contributed by atoms with Crippen LogP contribution in [0.4, 0.5) is 5.69 Å². The molecule has 5 atom stereocenters. The summed E-state index contributed by atoms with van der Waals surface area (Å²) >= 11 is 0. The first-order chi connectivity index (χ1) is 9.09. The molecule has 0 bridgehead atoms. The fourth-order valence-electron chi connectivity index (χ4n) is 2.33. The molecule has 2 aliphatic heterocycles. The molecule has 2 heterocycles. The number of hydrogen-bond donors (Lipinski definition) is 3. The van der Waals surface area contributed by atoms with E-state index in [1.807, 2.05) is 0 Å². The SMILES string of the molecule is O=C1O[C@@H]2[C@@H](O)[C@@H](N(O)c3ccccc3)O[C@H]2[C@@H]1O. The maximum Gasteiger partial charge on any atom is 0.338 e. The third kappa shape index (κ3) is 1.87. The lowest BCUT2D eigenvalue weighted by atomic mass is 10.1. The van der Waals surface area contributed by atoms with Gasteiger partial charge in [-0.25, -0.2) is 9.86 Å². The van der Waals surface area contributed by atoms with Crippen molar-refractivity contribution in [3.63, 3.8) is 0 Å². The third-order valence-electron chi connectivity index (χ3n) is 3.32. The molecule has 2 fully saturated rings. The zero-order valence-corrected chi connectivity index (χ0v) is 9.79. The topological polar surface area (TPSA) is 99.5 Å². The summed E-state index contributed by atoms with van der Waals surface area (Å²) < 4.78 is 10.2.